The molecule has 0 radical (unpaired) electrons. The summed E-state index contributed by atoms with van der Waals surface area (Å²) in [7, 11) is 0. The lowest BCUT2D eigenvalue weighted by molar-refractivity contribution is 0.632. The van der Waals surface area contributed by atoms with E-state index in [4.69, 9.17) is 9.97 Å². The van der Waals surface area contributed by atoms with Crippen LogP contribution in [0.5, 0.6) is 0 Å². The molecule has 0 bridgehead atoms. The Morgan fingerprint density at radius 2 is 1.00 bits per heavy atom. The van der Waals surface area contributed by atoms with Crippen LogP contribution in [0.2, 0.25) is 0 Å². The Balaban J connectivity index is 1.24. The van der Waals surface area contributed by atoms with E-state index in [0.29, 0.717) is 5.95 Å². The molecule has 9 aromatic carbocycles. The fraction of sp³-hybridized carbons (Fsp3) is 0.0566. The first-order valence-corrected chi connectivity index (χ1v) is 19.4. The second-order valence-corrected chi connectivity index (χ2v) is 15.7. The van der Waals surface area contributed by atoms with Gasteiger partial charge in [0.15, 0.2) is 0 Å². The van der Waals surface area contributed by atoms with Crippen molar-refractivity contribution in [1.29, 1.82) is 0 Å². The van der Waals surface area contributed by atoms with Crippen LogP contribution in [0.3, 0.4) is 0 Å². The van der Waals surface area contributed by atoms with Crippen LogP contribution in [0.15, 0.2) is 176 Å². The van der Waals surface area contributed by atoms with E-state index in [1.54, 1.807) is 0 Å². The lowest BCUT2D eigenvalue weighted by atomic mass is 9.85. The predicted octanol–water partition coefficient (Wildman–Crippen LogP) is 13.8. The lowest BCUT2D eigenvalue weighted by Gasteiger charge is -2.21. The lowest BCUT2D eigenvalue weighted by Crippen LogP contribution is -2.18. The van der Waals surface area contributed by atoms with E-state index in [2.05, 4.69) is 194 Å². The maximum Gasteiger partial charge on any atom is 0.235 e. The van der Waals surface area contributed by atoms with Gasteiger partial charge in [-0.2, -0.15) is 0 Å². The first kappa shape index (κ1) is 31.3. The van der Waals surface area contributed by atoms with Gasteiger partial charge in [0.25, 0.3) is 0 Å². The molecule has 11 aromatic rings. The van der Waals surface area contributed by atoms with Crippen LogP contribution in [0.1, 0.15) is 25.1 Å². The van der Waals surface area contributed by atoms with Crippen molar-refractivity contribution in [2.24, 2.45) is 0 Å². The highest BCUT2D eigenvalue weighted by atomic mass is 15.2. The van der Waals surface area contributed by atoms with Crippen molar-refractivity contribution < 1.29 is 0 Å². The zero-order valence-corrected chi connectivity index (χ0v) is 31.1. The summed E-state index contributed by atoms with van der Waals surface area (Å²) in [6.45, 7) is 4.62. The van der Waals surface area contributed by atoms with Crippen molar-refractivity contribution in [1.82, 2.24) is 14.5 Å². The van der Waals surface area contributed by atoms with Gasteiger partial charge in [-0.1, -0.05) is 184 Å². The third-order valence-corrected chi connectivity index (χ3v) is 12.3. The Morgan fingerprint density at radius 3 is 1.77 bits per heavy atom. The molecule has 0 atom stereocenters. The number of nitrogens with zero attached hydrogens (tertiary/aromatic N) is 3. The fourth-order valence-corrected chi connectivity index (χ4v) is 9.76. The van der Waals surface area contributed by atoms with E-state index >= 15 is 0 Å². The van der Waals surface area contributed by atoms with Crippen LogP contribution in [0, 0.1) is 0 Å². The summed E-state index contributed by atoms with van der Waals surface area (Å²) in [6, 6.07) is 63.9. The van der Waals surface area contributed by atoms with Crippen molar-refractivity contribution in [3.05, 3.63) is 187 Å². The fourth-order valence-electron chi connectivity index (χ4n) is 9.76. The topological polar surface area (TPSA) is 30.7 Å². The molecule has 1 aliphatic rings. The van der Waals surface area contributed by atoms with E-state index < -0.39 is 0 Å². The maximum atomic E-state index is 5.68. The Hall–Kier alpha value is -7.10. The molecular formula is C53H35N3. The van der Waals surface area contributed by atoms with Crippen molar-refractivity contribution in [2.45, 2.75) is 19.3 Å². The third-order valence-electron chi connectivity index (χ3n) is 12.3. The minimum absolute atomic E-state index is 0.328. The van der Waals surface area contributed by atoms with Gasteiger partial charge in [0.1, 0.15) is 0 Å². The summed E-state index contributed by atoms with van der Waals surface area (Å²) in [5, 5.41) is 12.4. The smallest absolute Gasteiger partial charge is 0.235 e. The minimum atomic E-state index is -0.328. The van der Waals surface area contributed by atoms with E-state index in [0.717, 1.165) is 33.5 Å². The van der Waals surface area contributed by atoms with E-state index in [-0.39, 0.29) is 5.41 Å². The van der Waals surface area contributed by atoms with Crippen LogP contribution in [0.4, 0.5) is 0 Å². The number of fused-ring (bicyclic) bond motifs is 15. The number of benzene rings is 9. The Kier molecular flexibility index (Phi) is 6.40. The maximum absolute atomic E-state index is 5.68. The molecule has 0 N–H and O–H groups in total. The molecule has 0 unspecified atom stereocenters. The van der Waals surface area contributed by atoms with Gasteiger partial charge in [-0.05, 0) is 60.6 Å². The van der Waals surface area contributed by atoms with Crippen LogP contribution in [0.25, 0.3) is 104 Å². The SMILES string of the molecule is CC1(C)c2ccccc2-c2c(-c3ccc(-c4ccccc4)cc3)nc(-n3c4ccc5c6ccccc6c6ccccc6c5c4c4ccc5ccccc5c43)nc21. The highest BCUT2D eigenvalue weighted by molar-refractivity contribution is 6.36. The van der Waals surface area contributed by atoms with Crippen molar-refractivity contribution in [3.8, 4) is 39.5 Å². The first-order chi connectivity index (χ1) is 27.6. The first-order valence-electron chi connectivity index (χ1n) is 19.4. The monoisotopic (exact) mass is 713 g/mol. The molecule has 1 aliphatic carbocycles. The summed E-state index contributed by atoms with van der Waals surface area (Å²) < 4.78 is 2.36. The molecule has 0 saturated heterocycles. The summed E-state index contributed by atoms with van der Waals surface area (Å²) in [5.41, 5.74) is 11.0. The molecule has 56 heavy (non-hydrogen) atoms. The molecule has 0 spiro atoms. The van der Waals surface area contributed by atoms with Gasteiger partial charge in [-0.25, -0.2) is 9.97 Å². The average molecular weight is 714 g/mol. The zero-order valence-electron chi connectivity index (χ0n) is 31.1. The van der Waals surface area contributed by atoms with E-state index in [9.17, 15) is 0 Å². The van der Waals surface area contributed by atoms with Gasteiger partial charge in [-0.15, -0.1) is 0 Å². The highest BCUT2D eigenvalue weighted by Gasteiger charge is 2.40. The summed E-state index contributed by atoms with van der Waals surface area (Å²) >= 11 is 0. The molecule has 3 heteroatoms. The predicted molar refractivity (Wildman–Crippen MR) is 235 cm³/mol. The molecule has 0 aliphatic heterocycles. The van der Waals surface area contributed by atoms with Gasteiger partial charge in [-0.3, -0.25) is 4.57 Å². The zero-order chi connectivity index (χ0) is 37.1. The van der Waals surface area contributed by atoms with Gasteiger partial charge in [0, 0.05) is 38.1 Å². The normalized spacial score (nSPS) is 13.3. The van der Waals surface area contributed by atoms with Crippen LogP contribution >= 0.6 is 0 Å². The van der Waals surface area contributed by atoms with Crippen molar-refractivity contribution in [2.75, 3.05) is 0 Å². The van der Waals surface area contributed by atoms with Gasteiger partial charge in [0.2, 0.25) is 5.95 Å². The van der Waals surface area contributed by atoms with Crippen molar-refractivity contribution >= 4 is 64.9 Å². The van der Waals surface area contributed by atoms with Crippen LogP contribution in [-0.2, 0) is 5.41 Å². The summed E-state index contributed by atoms with van der Waals surface area (Å²) in [4.78, 5) is 11.3. The standard InChI is InChI=1S/C53H35N3/c1-53(2)44-23-13-12-22-42(44)48-49(35-26-24-33(25-27-35)32-14-4-3-5-15-32)54-52(55-51(48)53)56-45-31-30-41-39-20-9-8-18-37(39)38-19-10-11-21-40(38)46(41)47(45)43-29-28-34-16-6-7-17-36(34)50(43)56/h3-31H,1-2H3. The van der Waals surface area contributed by atoms with Gasteiger partial charge in [0.05, 0.1) is 22.4 Å². The van der Waals surface area contributed by atoms with Gasteiger partial charge < -0.3 is 0 Å². The summed E-state index contributed by atoms with van der Waals surface area (Å²) in [6.07, 6.45) is 0. The number of rotatable bonds is 3. The molecule has 0 amide bonds. The Labute approximate surface area is 324 Å². The molecule has 262 valence electrons. The molecular weight excluding hydrogens is 679 g/mol. The molecule has 2 aromatic heterocycles. The van der Waals surface area contributed by atoms with Gasteiger partial charge >= 0.3 is 0 Å². The van der Waals surface area contributed by atoms with E-state index in [1.807, 2.05) is 0 Å². The third kappa shape index (κ3) is 4.23. The minimum Gasteiger partial charge on any atom is -0.277 e. The molecule has 0 fully saturated rings. The van der Waals surface area contributed by atoms with E-state index in [1.165, 1.54) is 76.1 Å². The largest absolute Gasteiger partial charge is 0.277 e. The second kappa shape index (κ2) is 11.5. The molecule has 12 rings (SSSR count). The molecule has 0 saturated carbocycles. The molecule has 2 heterocycles. The Bertz CT molecular complexity index is 3390. The summed E-state index contributed by atoms with van der Waals surface area (Å²) in [5.74, 6) is 0.688. The highest BCUT2D eigenvalue weighted by Crippen LogP contribution is 2.52. The number of hydrogen-bond donors (Lipinski definition) is 0. The van der Waals surface area contributed by atoms with Crippen LogP contribution < -0.4 is 0 Å². The Morgan fingerprint density at radius 1 is 0.429 bits per heavy atom. The quantitative estimate of drug-likeness (QED) is 0.171. The second-order valence-electron chi connectivity index (χ2n) is 15.7. The number of hydrogen-bond acceptors (Lipinski definition) is 2. The van der Waals surface area contributed by atoms with Crippen LogP contribution in [-0.4, -0.2) is 14.5 Å². The average Bonchev–Trinajstić information content (AvgIpc) is 3.72. The van der Waals surface area contributed by atoms with Crippen molar-refractivity contribution in [3.63, 3.8) is 0 Å². The molecule has 3 nitrogen and oxygen atoms in total. The number of aromatic nitrogens is 3.